The quantitative estimate of drug-likeness (QED) is 0.801. The van der Waals surface area contributed by atoms with Crippen molar-refractivity contribution in [3.8, 4) is 0 Å². The number of nitrogens with two attached hydrogens (primary N) is 1. The summed E-state index contributed by atoms with van der Waals surface area (Å²) in [6.45, 7) is 6.15. The molecular weight excluding hydrogens is 267 g/mol. The van der Waals surface area contributed by atoms with Crippen molar-refractivity contribution in [3.05, 3.63) is 35.1 Å². The number of hydrogen-bond donors (Lipinski definition) is 1. The van der Waals surface area contributed by atoms with E-state index in [1.165, 1.54) is 12.8 Å². The summed E-state index contributed by atoms with van der Waals surface area (Å²) in [5.74, 6) is 0.602. The molecule has 1 aromatic rings. The lowest BCUT2D eigenvalue weighted by Gasteiger charge is -2.36. The number of aryl methyl sites for hydroxylation is 1. The van der Waals surface area contributed by atoms with Crippen LogP contribution in [0.3, 0.4) is 0 Å². The number of halogens is 1. The van der Waals surface area contributed by atoms with Crippen LogP contribution < -0.4 is 5.73 Å². The lowest BCUT2D eigenvalue weighted by Crippen LogP contribution is -2.43. The molecule has 2 atom stereocenters. The van der Waals surface area contributed by atoms with E-state index in [4.69, 9.17) is 10.5 Å². The van der Waals surface area contributed by atoms with Gasteiger partial charge >= 0.3 is 0 Å². The van der Waals surface area contributed by atoms with Gasteiger partial charge < -0.3 is 10.5 Å². The van der Waals surface area contributed by atoms with Gasteiger partial charge in [-0.1, -0.05) is 12.1 Å². The van der Waals surface area contributed by atoms with Crippen molar-refractivity contribution < 1.29 is 9.13 Å². The Morgan fingerprint density at radius 1 is 1.43 bits per heavy atom. The van der Waals surface area contributed by atoms with Gasteiger partial charge in [-0.3, -0.25) is 4.90 Å². The van der Waals surface area contributed by atoms with Crippen LogP contribution in [0, 0.1) is 18.7 Å². The largest absolute Gasteiger partial charge is 0.383 e. The molecule has 0 heterocycles. The van der Waals surface area contributed by atoms with Crippen molar-refractivity contribution in [3.63, 3.8) is 0 Å². The average Bonchev–Trinajstić information content (AvgIpc) is 3.30. The Labute approximate surface area is 127 Å². The first kappa shape index (κ1) is 16.4. The second-order valence-corrected chi connectivity index (χ2v) is 6.07. The normalized spacial score (nSPS) is 18.0. The molecule has 118 valence electrons. The fourth-order valence-corrected chi connectivity index (χ4v) is 3.03. The van der Waals surface area contributed by atoms with Crippen LogP contribution in [0.1, 0.15) is 36.9 Å². The van der Waals surface area contributed by atoms with Gasteiger partial charge in [-0.25, -0.2) is 4.39 Å². The molecule has 1 aliphatic rings. The van der Waals surface area contributed by atoms with E-state index in [-0.39, 0.29) is 11.9 Å². The molecule has 3 nitrogen and oxygen atoms in total. The van der Waals surface area contributed by atoms with E-state index >= 15 is 0 Å². The van der Waals surface area contributed by atoms with Crippen LogP contribution in [0.5, 0.6) is 0 Å². The summed E-state index contributed by atoms with van der Waals surface area (Å²) >= 11 is 0. The maximum atomic E-state index is 13.5. The van der Waals surface area contributed by atoms with Gasteiger partial charge in [0.05, 0.1) is 6.61 Å². The highest BCUT2D eigenvalue weighted by Gasteiger charge is 2.35. The summed E-state index contributed by atoms with van der Waals surface area (Å²) in [5, 5.41) is 0. The Hall–Kier alpha value is -0.970. The Kier molecular flexibility index (Phi) is 5.73. The maximum absolute atomic E-state index is 13.5. The number of benzene rings is 1. The first-order valence-electron chi connectivity index (χ1n) is 7.79. The topological polar surface area (TPSA) is 38.5 Å². The molecule has 0 spiro atoms. The predicted molar refractivity (Wildman–Crippen MR) is 83.7 cm³/mol. The molecule has 4 heteroatoms. The highest BCUT2D eigenvalue weighted by molar-refractivity contribution is 5.27. The molecule has 1 saturated carbocycles. The van der Waals surface area contributed by atoms with Crippen molar-refractivity contribution in [1.29, 1.82) is 0 Å². The van der Waals surface area contributed by atoms with Crippen molar-refractivity contribution in [1.82, 2.24) is 4.90 Å². The highest BCUT2D eigenvalue weighted by Crippen LogP contribution is 2.38. The third-order valence-electron chi connectivity index (χ3n) is 4.57. The lowest BCUT2D eigenvalue weighted by atomic mass is 10.00. The molecular formula is C17H27FN2O. The molecule has 0 bridgehead atoms. The zero-order chi connectivity index (χ0) is 15.4. The van der Waals surface area contributed by atoms with Gasteiger partial charge in [-0.15, -0.1) is 0 Å². The fraction of sp³-hybridized carbons (Fsp3) is 0.647. The second kappa shape index (κ2) is 7.34. The number of nitrogens with zero attached hydrogens (tertiary/aromatic N) is 1. The smallest absolute Gasteiger partial charge is 0.126 e. The minimum atomic E-state index is -0.159. The number of rotatable bonds is 8. The maximum Gasteiger partial charge on any atom is 0.126 e. The summed E-state index contributed by atoms with van der Waals surface area (Å²) < 4.78 is 18.8. The molecule has 2 unspecified atom stereocenters. The Morgan fingerprint density at radius 2 is 2.14 bits per heavy atom. The molecule has 0 radical (unpaired) electrons. The van der Waals surface area contributed by atoms with E-state index in [9.17, 15) is 4.39 Å². The number of hydrogen-bond acceptors (Lipinski definition) is 3. The zero-order valence-electron chi connectivity index (χ0n) is 13.3. The van der Waals surface area contributed by atoms with Crippen LogP contribution in [-0.2, 0) is 4.74 Å². The van der Waals surface area contributed by atoms with Gasteiger partial charge in [0.1, 0.15) is 5.82 Å². The average molecular weight is 294 g/mol. The van der Waals surface area contributed by atoms with Gasteiger partial charge in [0.25, 0.3) is 0 Å². The Bertz CT molecular complexity index is 462. The van der Waals surface area contributed by atoms with Gasteiger partial charge in [0.2, 0.25) is 0 Å². The third-order valence-corrected chi connectivity index (χ3v) is 4.57. The summed E-state index contributed by atoms with van der Waals surface area (Å²) in [5.41, 5.74) is 7.82. The minimum absolute atomic E-state index is 0.120. The molecule has 0 aromatic heterocycles. The van der Waals surface area contributed by atoms with Crippen LogP contribution in [-0.4, -0.2) is 37.7 Å². The Balaban J connectivity index is 2.22. The second-order valence-electron chi connectivity index (χ2n) is 6.07. The fourth-order valence-electron chi connectivity index (χ4n) is 3.03. The summed E-state index contributed by atoms with van der Waals surface area (Å²) in [6, 6.07) is 5.93. The standard InChI is InChI=1S/C17H27FN2O/c1-12-10-15(6-7-16(12)18)17(11-19)20(8-9-21-3)13(2)14-4-5-14/h6-7,10,13-14,17H,4-5,8-9,11,19H2,1-3H3. The van der Waals surface area contributed by atoms with Crippen molar-refractivity contribution in [2.45, 2.75) is 38.8 Å². The molecule has 1 aliphatic carbocycles. The van der Waals surface area contributed by atoms with Crippen molar-refractivity contribution in [2.75, 3.05) is 26.8 Å². The van der Waals surface area contributed by atoms with Crippen LogP contribution in [0.15, 0.2) is 18.2 Å². The van der Waals surface area contributed by atoms with Crippen molar-refractivity contribution >= 4 is 0 Å². The molecule has 21 heavy (non-hydrogen) atoms. The van der Waals surface area contributed by atoms with E-state index in [2.05, 4.69) is 11.8 Å². The van der Waals surface area contributed by atoms with E-state index in [0.29, 0.717) is 24.8 Å². The van der Waals surface area contributed by atoms with E-state index in [1.54, 1.807) is 20.1 Å². The molecule has 2 N–H and O–H groups in total. The lowest BCUT2D eigenvalue weighted by molar-refractivity contribution is 0.0834. The van der Waals surface area contributed by atoms with Crippen LogP contribution in [0.2, 0.25) is 0 Å². The van der Waals surface area contributed by atoms with Gasteiger partial charge in [-0.2, -0.15) is 0 Å². The summed E-state index contributed by atoms with van der Waals surface area (Å²) in [4.78, 5) is 2.42. The molecule has 2 rings (SSSR count). The third kappa shape index (κ3) is 4.02. The first-order chi connectivity index (χ1) is 10.1. The molecule has 1 aromatic carbocycles. The highest BCUT2D eigenvalue weighted by atomic mass is 19.1. The molecule has 0 aliphatic heterocycles. The number of ether oxygens (including phenoxy) is 1. The summed E-state index contributed by atoms with van der Waals surface area (Å²) in [6.07, 6.45) is 2.59. The van der Waals surface area contributed by atoms with Crippen LogP contribution in [0.4, 0.5) is 4.39 Å². The minimum Gasteiger partial charge on any atom is -0.383 e. The van der Waals surface area contributed by atoms with E-state index in [1.807, 2.05) is 12.1 Å². The molecule has 0 saturated heterocycles. The zero-order valence-corrected chi connectivity index (χ0v) is 13.3. The van der Waals surface area contributed by atoms with Crippen molar-refractivity contribution in [2.24, 2.45) is 11.7 Å². The van der Waals surface area contributed by atoms with Gasteiger partial charge in [0, 0.05) is 32.3 Å². The molecule has 0 amide bonds. The van der Waals surface area contributed by atoms with Crippen LogP contribution >= 0.6 is 0 Å². The summed E-state index contributed by atoms with van der Waals surface area (Å²) in [7, 11) is 1.72. The Morgan fingerprint density at radius 3 is 2.67 bits per heavy atom. The predicted octanol–water partition coefficient (Wildman–Crippen LogP) is 2.88. The SMILES string of the molecule is COCCN(C(CN)c1ccc(F)c(C)c1)C(C)C1CC1. The molecule has 1 fully saturated rings. The van der Waals surface area contributed by atoms with Gasteiger partial charge in [-0.05, 0) is 49.8 Å². The monoisotopic (exact) mass is 294 g/mol. The first-order valence-corrected chi connectivity index (χ1v) is 7.79. The van der Waals surface area contributed by atoms with E-state index < -0.39 is 0 Å². The van der Waals surface area contributed by atoms with Gasteiger partial charge in [0.15, 0.2) is 0 Å². The van der Waals surface area contributed by atoms with Crippen LogP contribution in [0.25, 0.3) is 0 Å². The number of methoxy groups -OCH3 is 1. The van der Waals surface area contributed by atoms with E-state index in [0.717, 1.165) is 18.0 Å².